The molecule has 2 rings (SSSR count). The standard InChI is InChI=1S/C11H13N5O3S/c1-6-9(11(18)19)20-8(15-6)3-13-10(17)7(2)16-5-12-4-14-16/h4-5,7H,3H2,1-2H3,(H,13,17)(H,18,19). The molecule has 0 aromatic carbocycles. The van der Waals surface area contributed by atoms with Gasteiger partial charge in [-0.15, -0.1) is 11.3 Å². The van der Waals surface area contributed by atoms with Crippen molar-refractivity contribution in [2.24, 2.45) is 0 Å². The number of aromatic nitrogens is 4. The maximum atomic E-state index is 11.9. The molecule has 0 aliphatic carbocycles. The van der Waals surface area contributed by atoms with Gasteiger partial charge in [0.1, 0.15) is 28.6 Å². The summed E-state index contributed by atoms with van der Waals surface area (Å²) in [6.45, 7) is 3.51. The molecule has 0 saturated heterocycles. The Hall–Kier alpha value is -2.29. The molecule has 9 heteroatoms. The average molecular weight is 295 g/mol. The molecule has 0 radical (unpaired) electrons. The van der Waals surface area contributed by atoms with Gasteiger partial charge < -0.3 is 10.4 Å². The quantitative estimate of drug-likeness (QED) is 0.836. The van der Waals surface area contributed by atoms with E-state index in [1.165, 1.54) is 17.3 Å². The number of aryl methyl sites for hydroxylation is 1. The summed E-state index contributed by atoms with van der Waals surface area (Å²) in [4.78, 5) is 30.9. The predicted octanol–water partition coefficient (Wildman–Crippen LogP) is 0.619. The van der Waals surface area contributed by atoms with Crippen LogP contribution in [0.3, 0.4) is 0 Å². The van der Waals surface area contributed by atoms with Gasteiger partial charge in [0.05, 0.1) is 12.2 Å². The molecule has 20 heavy (non-hydrogen) atoms. The Balaban J connectivity index is 1.97. The Morgan fingerprint density at radius 2 is 2.30 bits per heavy atom. The molecule has 1 unspecified atom stereocenters. The first-order chi connectivity index (χ1) is 9.49. The third kappa shape index (κ3) is 2.99. The zero-order valence-electron chi connectivity index (χ0n) is 10.9. The molecule has 2 aromatic heterocycles. The number of thiazole rings is 1. The second-order valence-corrected chi connectivity index (χ2v) is 5.18. The van der Waals surface area contributed by atoms with Gasteiger partial charge in [0, 0.05) is 0 Å². The summed E-state index contributed by atoms with van der Waals surface area (Å²) in [6.07, 6.45) is 2.81. The molecule has 0 fully saturated rings. The molecule has 2 N–H and O–H groups in total. The van der Waals surface area contributed by atoms with E-state index in [0.29, 0.717) is 10.7 Å². The second kappa shape index (κ2) is 5.78. The van der Waals surface area contributed by atoms with Crippen LogP contribution in [0.25, 0.3) is 0 Å². The van der Waals surface area contributed by atoms with E-state index >= 15 is 0 Å². The molecule has 0 aliphatic rings. The molecule has 0 spiro atoms. The fourth-order valence-electron chi connectivity index (χ4n) is 1.57. The van der Waals surface area contributed by atoms with Crippen LogP contribution in [0.5, 0.6) is 0 Å². The highest BCUT2D eigenvalue weighted by Crippen LogP contribution is 2.17. The van der Waals surface area contributed by atoms with E-state index in [2.05, 4.69) is 20.4 Å². The minimum Gasteiger partial charge on any atom is -0.477 e. The van der Waals surface area contributed by atoms with Crippen LogP contribution in [0.4, 0.5) is 0 Å². The van der Waals surface area contributed by atoms with Crippen molar-refractivity contribution in [3.05, 3.63) is 28.2 Å². The highest BCUT2D eigenvalue weighted by molar-refractivity contribution is 7.13. The summed E-state index contributed by atoms with van der Waals surface area (Å²) in [5.41, 5.74) is 0.455. The molecule has 8 nitrogen and oxygen atoms in total. The molecule has 0 bridgehead atoms. The van der Waals surface area contributed by atoms with Crippen molar-refractivity contribution in [3.8, 4) is 0 Å². The maximum absolute atomic E-state index is 11.9. The summed E-state index contributed by atoms with van der Waals surface area (Å²) >= 11 is 1.06. The van der Waals surface area contributed by atoms with E-state index in [-0.39, 0.29) is 17.3 Å². The minimum atomic E-state index is -1.01. The molecule has 1 amide bonds. The number of carbonyl (C=O) groups is 2. The summed E-state index contributed by atoms with van der Waals surface area (Å²) in [5, 5.41) is 16.1. The highest BCUT2D eigenvalue weighted by Gasteiger charge is 2.17. The van der Waals surface area contributed by atoms with Crippen LogP contribution >= 0.6 is 11.3 Å². The van der Waals surface area contributed by atoms with Gasteiger partial charge in [-0.25, -0.2) is 19.4 Å². The summed E-state index contributed by atoms with van der Waals surface area (Å²) in [5.74, 6) is -1.24. The minimum absolute atomic E-state index is 0.191. The van der Waals surface area contributed by atoms with Crippen molar-refractivity contribution in [3.63, 3.8) is 0 Å². The molecular formula is C11H13N5O3S. The van der Waals surface area contributed by atoms with Gasteiger partial charge in [0.25, 0.3) is 0 Å². The van der Waals surface area contributed by atoms with Crippen molar-refractivity contribution < 1.29 is 14.7 Å². The first kappa shape index (κ1) is 14.1. The van der Waals surface area contributed by atoms with Crippen LogP contribution in [-0.4, -0.2) is 36.7 Å². The molecule has 2 heterocycles. The highest BCUT2D eigenvalue weighted by atomic mass is 32.1. The lowest BCUT2D eigenvalue weighted by atomic mass is 10.3. The number of carboxylic acid groups (broad SMARTS) is 1. The molecule has 0 saturated carbocycles. The number of nitrogens with zero attached hydrogens (tertiary/aromatic N) is 4. The zero-order chi connectivity index (χ0) is 14.7. The smallest absolute Gasteiger partial charge is 0.347 e. The number of hydrogen-bond acceptors (Lipinski definition) is 6. The van der Waals surface area contributed by atoms with Crippen LogP contribution in [0, 0.1) is 6.92 Å². The molecule has 2 aromatic rings. The third-order valence-corrected chi connectivity index (χ3v) is 3.81. The topological polar surface area (TPSA) is 110 Å². The SMILES string of the molecule is Cc1nc(CNC(=O)C(C)n2cncn2)sc1C(=O)O. The molecular weight excluding hydrogens is 282 g/mol. The first-order valence-corrected chi connectivity index (χ1v) is 6.62. The van der Waals surface area contributed by atoms with Crippen LogP contribution in [0.1, 0.15) is 33.3 Å². The van der Waals surface area contributed by atoms with Gasteiger partial charge >= 0.3 is 5.97 Å². The number of carbonyl (C=O) groups excluding carboxylic acids is 1. The fraction of sp³-hybridized carbons (Fsp3) is 0.364. The van der Waals surface area contributed by atoms with Crippen molar-refractivity contribution in [1.29, 1.82) is 0 Å². The second-order valence-electron chi connectivity index (χ2n) is 4.10. The average Bonchev–Trinajstić information content (AvgIpc) is 3.04. The van der Waals surface area contributed by atoms with Crippen LogP contribution in [0.15, 0.2) is 12.7 Å². The van der Waals surface area contributed by atoms with Crippen LogP contribution in [0.2, 0.25) is 0 Å². The normalized spacial score (nSPS) is 12.1. The van der Waals surface area contributed by atoms with E-state index < -0.39 is 12.0 Å². The Morgan fingerprint density at radius 3 is 2.85 bits per heavy atom. The number of rotatable bonds is 5. The van der Waals surface area contributed by atoms with Crippen molar-refractivity contribution in [2.75, 3.05) is 0 Å². The van der Waals surface area contributed by atoms with E-state index in [1.807, 2.05) is 0 Å². The van der Waals surface area contributed by atoms with Gasteiger partial charge in [-0.05, 0) is 13.8 Å². The third-order valence-electron chi connectivity index (χ3n) is 2.66. The van der Waals surface area contributed by atoms with E-state index in [9.17, 15) is 9.59 Å². The van der Waals surface area contributed by atoms with Gasteiger partial charge in [-0.1, -0.05) is 0 Å². The Morgan fingerprint density at radius 1 is 1.55 bits per heavy atom. The van der Waals surface area contributed by atoms with Crippen molar-refractivity contribution in [1.82, 2.24) is 25.1 Å². The largest absolute Gasteiger partial charge is 0.477 e. The van der Waals surface area contributed by atoms with E-state index in [0.717, 1.165) is 11.3 Å². The molecule has 0 aliphatic heterocycles. The van der Waals surface area contributed by atoms with Gasteiger partial charge in [-0.2, -0.15) is 5.10 Å². The zero-order valence-corrected chi connectivity index (χ0v) is 11.7. The van der Waals surface area contributed by atoms with E-state index in [4.69, 9.17) is 5.11 Å². The Kier molecular flexibility index (Phi) is 4.08. The predicted molar refractivity (Wildman–Crippen MR) is 70.4 cm³/mol. The van der Waals surface area contributed by atoms with Gasteiger partial charge in [0.2, 0.25) is 5.91 Å². The summed E-state index contributed by atoms with van der Waals surface area (Å²) in [7, 11) is 0. The lowest BCUT2D eigenvalue weighted by molar-refractivity contribution is -0.124. The molecule has 106 valence electrons. The van der Waals surface area contributed by atoms with Gasteiger partial charge in [0.15, 0.2) is 0 Å². The lowest BCUT2D eigenvalue weighted by Crippen LogP contribution is -2.30. The number of hydrogen-bond donors (Lipinski definition) is 2. The van der Waals surface area contributed by atoms with Crippen LogP contribution in [-0.2, 0) is 11.3 Å². The maximum Gasteiger partial charge on any atom is 0.347 e. The summed E-state index contributed by atoms with van der Waals surface area (Å²) < 4.78 is 1.44. The number of amides is 1. The van der Waals surface area contributed by atoms with E-state index in [1.54, 1.807) is 13.8 Å². The Bertz CT molecular complexity index is 622. The van der Waals surface area contributed by atoms with Crippen molar-refractivity contribution in [2.45, 2.75) is 26.4 Å². The Labute approximate surface area is 118 Å². The monoisotopic (exact) mass is 295 g/mol. The number of nitrogens with one attached hydrogen (secondary N) is 1. The first-order valence-electron chi connectivity index (χ1n) is 5.80. The number of carboxylic acids is 1. The number of aromatic carboxylic acids is 1. The molecule has 1 atom stereocenters. The lowest BCUT2D eigenvalue weighted by Gasteiger charge is -2.10. The summed E-state index contributed by atoms with van der Waals surface area (Å²) in [6, 6.07) is -0.488. The van der Waals surface area contributed by atoms with Crippen LogP contribution < -0.4 is 5.32 Å². The van der Waals surface area contributed by atoms with Crippen molar-refractivity contribution >= 4 is 23.2 Å². The van der Waals surface area contributed by atoms with Gasteiger partial charge in [-0.3, -0.25) is 4.79 Å². The fourth-order valence-corrected chi connectivity index (χ4v) is 2.42.